The highest BCUT2D eigenvalue weighted by Crippen LogP contribution is 2.38. The fourth-order valence-corrected chi connectivity index (χ4v) is 1.96. The number of benzene rings is 1. The van der Waals surface area contributed by atoms with Crippen LogP contribution in [-0.2, 0) is 6.42 Å². The molecule has 1 aliphatic rings. The SMILES string of the molecule is C[C@H]1CC[C]1CCc1ccccc1. The van der Waals surface area contributed by atoms with E-state index in [-0.39, 0.29) is 0 Å². The van der Waals surface area contributed by atoms with Gasteiger partial charge in [-0.3, -0.25) is 0 Å². The standard InChI is InChI=1S/C13H17/c1-11-7-9-13(11)10-8-12-5-3-2-4-6-12/h2-6,11H,7-10H2,1H3/t11-/m0/s1. The molecule has 0 saturated heterocycles. The van der Waals surface area contributed by atoms with Crippen molar-refractivity contribution in [2.75, 3.05) is 0 Å². The van der Waals surface area contributed by atoms with Crippen molar-refractivity contribution in [2.45, 2.75) is 32.6 Å². The molecule has 1 fully saturated rings. The van der Waals surface area contributed by atoms with Gasteiger partial charge in [0.25, 0.3) is 0 Å². The van der Waals surface area contributed by atoms with Crippen LogP contribution in [0.4, 0.5) is 0 Å². The molecular weight excluding hydrogens is 156 g/mol. The quantitative estimate of drug-likeness (QED) is 0.655. The molecule has 2 rings (SSSR count). The van der Waals surface area contributed by atoms with E-state index >= 15 is 0 Å². The maximum Gasteiger partial charge on any atom is -0.0209 e. The van der Waals surface area contributed by atoms with Gasteiger partial charge in [-0.25, -0.2) is 0 Å². The summed E-state index contributed by atoms with van der Waals surface area (Å²) in [4.78, 5) is 0. The highest BCUT2D eigenvalue weighted by molar-refractivity contribution is 5.16. The third-order valence-corrected chi connectivity index (χ3v) is 3.17. The van der Waals surface area contributed by atoms with E-state index in [0.717, 1.165) is 5.92 Å². The second-order valence-electron chi connectivity index (χ2n) is 4.08. The van der Waals surface area contributed by atoms with Gasteiger partial charge in [0.1, 0.15) is 0 Å². The van der Waals surface area contributed by atoms with Crippen molar-refractivity contribution in [3.05, 3.63) is 41.8 Å². The molecule has 1 aliphatic carbocycles. The Bertz CT molecular complexity index is 250. The van der Waals surface area contributed by atoms with Crippen LogP contribution >= 0.6 is 0 Å². The van der Waals surface area contributed by atoms with E-state index in [1.165, 1.54) is 31.2 Å². The zero-order valence-corrected chi connectivity index (χ0v) is 8.29. The fraction of sp³-hybridized carbons (Fsp3) is 0.462. The lowest BCUT2D eigenvalue weighted by Crippen LogP contribution is -2.20. The summed E-state index contributed by atoms with van der Waals surface area (Å²) in [5, 5.41) is 0. The van der Waals surface area contributed by atoms with Gasteiger partial charge in [0.05, 0.1) is 0 Å². The molecule has 1 saturated carbocycles. The van der Waals surface area contributed by atoms with Gasteiger partial charge in [0.15, 0.2) is 0 Å². The van der Waals surface area contributed by atoms with Crippen molar-refractivity contribution in [3.63, 3.8) is 0 Å². The Morgan fingerprint density at radius 3 is 2.46 bits per heavy atom. The Labute approximate surface area is 81.0 Å². The highest BCUT2D eigenvalue weighted by Gasteiger charge is 2.26. The lowest BCUT2D eigenvalue weighted by Gasteiger charge is -2.33. The summed E-state index contributed by atoms with van der Waals surface area (Å²) in [6.07, 6.45) is 5.35. The van der Waals surface area contributed by atoms with Crippen LogP contribution in [0.15, 0.2) is 30.3 Å². The van der Waals surface area contributed by atoms with Gasteiger partial charge in [0.2, 0.25) is 0 Å². The number of rotatable bonds is 3. The first kappa shape index (κ1) is 8.80. The van der Waals surface area contributed by atoms with Gasteiger partial charge < -0.3 is 0 Å². The lowest BCUT2D eigenvalue weighted by molar-refractivity contribution is 0.367. The van der Waals surface area contributed by atoms with E-state index in [0.29, 0.717) is 0 Å². The van der Waals surface area contributed by atoms with E-state index in [4.69, 9.17) is 0 Å². The van der Waals surface area contributed by atoms with E-state index in [9.17, 15) is 0 Å². The maximum atomic E-state index is 2.35. The van der Waals surface area contributed by atoms with Gasteiger partial charge in [-0.2, -0.15) is 0 Å². The summed E-state index contributed by atoms with van der Waals surface area (Å²) < 4.78 is 0. The van der Waals surface area contributed by atoms with Crippen molar-refractivity contribution in [1.82, 2.24) is 0 Å². The van der Waals surface area contributed by atoms with Crippen LogP contribution in [0, 0.1) is 11.8 Å². The number of hydrogen-bond acceptors (Lipinski definition) is 0. The average Bonchev–Trinajstić information content (AvgIpc) is 2.17. The Morgan fingerprint density at radius 1 is 1.15 bits per heavy atom. The lowest BCUT2D eigenvalue weighted by atomic mass is 9.72. The molecule has 0 unspecified atom stereocenters. The monoisotopic (exact) mass is 173 g/mol. The minimum atomic E-state index is 0.906. The van der Waals surface area contributed by atoms with Crippen molar-refractivity contribution in [1.29, 1.82) is 0 Å². The molecule has 0 nitrogen and oxygen atoms in total. The van der Waals surface area contributed by atoms with E-state index in [1.54, 1.807) is 5.92 Å². The third-order valence-electron chi connectivity index (χ3n) is 3.17. The van der Waals surface area contributed by atoms with Crippen LogP contribution in [0.25, 0.3) is 0 Å². The largest absolute Gasteiger partial charge is 0.0622 e. The van der Waals surface area contributed by atoms with Gasteiger partial charge in [0, 0.05) is 0 Å². The molecule has 0 aromatic heterocycles. The molecule has 69 valence electrons. The van der Waals surface area contributed by atoms with Gasteiger partial charge in [-0.1, -0.05) is 37.3 Å². The van der Waals surface area contributed by atoms with Crippen LogP contribution in [0.2, 0.25) is 0 Å². The molecule has 1 radical (unpaired) electrons. The summed E-state index contributed by atoms with van der Waals surface area (Å²) >= 11 is 0. The molecule has 0 aliphatic heterocycles. The van der Waals surface area contributed by atoms with Gasteiger partial charge in [-0.05, 0) is 43.1 Å². The zero-order chi connectivity index (χ0) is 9.10. The fourth-order valence-electron chi connectivity index (χ4n) is 1.96. The molecule has 0 spiro atoms. The highest BCUT2D eigenvalue weighted by atomic mass is 14.3. The Morgan fingerprint density at radius 2 is 1.92 bits per heavy atom. The predicted molar refractivity (Wildman–Crippen MR) is 56.4 cm³/mol. The average molecular weight is 173 g/mol. The first-order valence-electron chi connectivity index (χ1n) is 5.25. The van der Waals surface area contributed by atoms with Crippen molar-refractivity contribution < 1.29 is 0 Å². The van der Waals surface area contributed by atoms with Crippen LogP contribution in [0.5, 0.6) is 0 Å². The maximum absolute atomic E-state index is 2.35. The Balaban J connectivity index is 1.80. The molecule has 1 aromatic carbocycles. The molecule has 0 heteroatoms. The molecule has 0 amide bonds. The van der Waals surface area contributed by atoms with Gasteiger partial charge in [-0.15, -0.1) is 0 Å². The second-order valence-corrected chi connectivity index (χ2v) is 4.08. The van der Waals surface area contributed by atoms with Crippen LogP contribution in [0.1, 0.15) is 31.7 Å². The second kappa shape index (κ2) is 3.95. The van der Waals surface area contributed by atoms with Crippen molar-refractivity contribution in [3.8, 4) is 0 Å². The summed E-state index contributed by atoms with van der Waals surface area (Å²) in [5.74, 6) is 2.69. The van der Waals surface area contributed by atoms with Crippen LogP contribution in [-0.4, -0.2) is 0 Å². The van der Waals surface area contributed by atoms with Gasteiger partial charge >= 0.3 is 0 Å². The topological polar surface area (TPSA) is 0 Å². The van der Waals surface area contributed by atoms with E-state index in [2.05, 4.69) is 37.3 Å². The first-order chi connectivity index (χ1) is 6.36. The summed E-state index contributed by atoms with van der Waals surface area (Å²) in [6, 6.07) is 10.8. The summed E-state index contributed by atoms with van der Waals surface area (Å²) in [7, 11) is 0. The molecular formula is C13H17. The minimum absolute atomic E-state index is 0.906. The normalized spacial score (nSPS) is 22.7. The molecule has 13 heavy (non-hydrogen) atoms. The molecule has 0 bridgehead atoms. The third kappa shape index (κ3) is 2.12. The molecule has 0 heterocycles. The van der Waals surface area contributed by atoms with Crippen molar-refractivity contribution >= 4 is 0 Å². The zero-order valence-electron chi connectivity index (χ0n) is 8.29. The number of aryl methyl sites for hydroxylation is 1. The Hall–Kier alpha value is -0.780. The predicted octanol–water partition coefficient (Wildman–Crippen LogP) is 3.62. The summed E-state index contributed by atoms with van der Waals surface area (Å²) in [5.41, 5.74) is 1.48. The van der Waals surface area contributed by atoms with Crippen LogP contribution < -0.4 is 0 Å². The van der Waals surface area contributed by atoms with E-state index in [1.807, 2.05) is 0 Å². The molecule has 1 atom stereocenters. The van der Waals surface area contributed by atoms with E-state index < -0.39 is 0 Å². The molecule has 0 N–H and O–H groups in total. The molecule has 1 aromatic rings. The summed E-state index contributed by atoms with van der Waals surface area (Å²) in [6.45, 7) is 2.35. The van der Waals surface area contributed by atoms with Crippen LogP contribution in [0.3, 0.4) is 0 Å². The number of hydrogen-bond donors (Lipinski definition) is 0. The minimum Gasteiger partial charge on any atom is -0.0622 e. The van der Waals surface area contributed by atoms with Crippen molar-refractivity contribution in [2.24, 2.45) is 5.92 Å². The Kier molecular flexibility index (Phi) is 2.68. The smallest absolute Gasteiger partial charge is 0.0209 e. The first-order valence-corrected chi connectivity index (χ1v) is 5.25.